The topological polar surface area (TPSA) is 111 Å². The number of carbonyl (C=O) groups excluding carboxylic acids is 3. The van der Waals surface area contributed by atoms with Crippen LogP contribution in [-0.4, -0.2) is 37.5 Å². The number of hydrogen-bond acceptors (Lipinski definition) is 5. The third-order valence-electron chi connectivity index (χ3n) is 4.56. The molecule has 2 amide bonds. The molecule has 4 N–H and O–H groups in total. The van der Waals surface area contributed by atoms with Gasteiger partial charge in [-0.15, -0.1) is 12.4 Å². The lowest BCUT2D eigenvalue weighted by molar-refractivity contribution is -0.141. The Morgan fingerprint density at radius 2 is 1.66 bits per heavy atom. The molecule has 1 aromatic rings. The third-order valence-corrected chi connectivity index (χ3v) is 4.56. The number of carbonyl (C=O) groups is 3. The Balaban J connectivity index is 0.00000784. The molecule has 0 heterocycles. The number of methoxy groups -OCH3 is 1. The molecule has 0 saturated carbocycles. The lowest BCUT2D eigenvalue weighted by atomic mass is 9.86. The summed E-state index contributed by atoms with van der Waals surface area (Å²) >= 11 is 0. The fourth-order valence-corrected chi connectivity index (χ4v) is 2.55. The molecule has 0 spiro atoms. The van der Waals surface area contributed by atoms with E-state index in [9.17, 15) is 14.4 Å². The van der Waals surface area contributed by atoms with Crippen LogP contribution in [0.4, 0.5) is 0 Å². The number of rotatable bonds is 8. The summed E-state index contributed by atoms with van der Waals surface area (Å²) in [6.07, 6.45) is -0.00341. The van der Waals surface area contributed by atoms with Crippen molar-refractivity contribution in [2.45, 2.75) is 58.5 Å². The molecule has 2 atom stereocenters. The van der Waals surface area contributed by atoms with Crippen molar-refractivity contribution in [1.82, 2.24) is 10.6 Å². The van der Waals surface area contributed by atoms with Gasteiger partial charge in [-0.2, -0.15) is 0 Å². The summed E-state index contributed by atoms with van der Waals surface area (Å²) in [5.74, 6) is -1.25. The summed E-state index contributed by atoms with van der Waals surface area (Å²) in [4.78, 5) is 36.0. The van der Waals surface area contributed by atoms with E-state index in [4.69, 9.17) is 10.5 Å². The van der Waals surface area contributed by atoms with E-state index < -0.39 is 24.0 Å². The van der Waals surface area contributed by atoms with Gasteiger partial charge in [0.1, 0.15) is 0 Å². The average Bonchev–Trinajstić information content (AvgIpc) is 2.64. The molecule has 164 valence electrons. The summed E-state index contributed by atoms with van der Waals surface area (Å²) in [6.45, 7) is 9.79. The molecule has 0 aliphatic carbocycles. The van der Waals surface area contributed by atoms with E-state index in [0.717, 1.165) is 11.1 Å². The minimum atomic E-state index is -0.677. The standard InChI is InChI=1S/C21H33N3O4.ClH/c1-13(2)19(22)20(27)23-12-17(25)24-16(11-18(26)28-6)14-7-9-15(10-8-14)21(3,4)5;/h7-10,13,16,19H,11-12,22H2,1-6H3,(H,23,27)(H,24,25);1H/t16?,19-;/m0./s1. The molecule has 1 unspecified atom stereocenters. The molecular weight excluding hydrogens is 394 g/mol. The van der Waals surface area contributed by atoms with Crippen molar-refractivity contribution in [1.29, 1.82) is 0 Å². The molecular formula is C21H34ClN3O4. The van der Waals surface area contributed by atoms with E-state index in [1.54, 1.807) is 0 Å². The Morgan fingerprint density at radius 1 is 1.10 bits per heavy atom. The maximum Gasteiger partial charge on any atom is 0.307 e. The minimum absolute atomic E-state index is 0. The molecule has 0 aliphatic heterocycles. The average molecular weight is 428 g/mol. The number of nitrogens with two attached hydrogens (primary N) is 1. The zero-order chi connectivity index (χ0) is 21.5. The Bertz CT molecular complexity index is 684. The second-order valence-electron chi connectivity index (χ2n) is 8.26. The second kappa shape index (κ2) is 11.8. The van der Waals surface area contributed by atoms with Gasteiger partial charge in [0.2, 0.25) is 11.8 Å². The number of hydrogen-bond donors (Lipinski definition) is 3. The zero-order valence-corrected chi connectivity index (χ0v) is 18.9. The van der Waals surface area contributed by atoms with Gasteiger partial charge in [-0.1, -0.05) is 58.9 Å². The van der Waals surface area contributed by atoms with Crippen molar-refractivity contribution in [3.63, 3.8) is 0 Å². The third kappa shape index (κ3) is 8.83. The normalized spacial score (nSPS) is 13.1. The molecule has 0 aliphatic rings. The van der Waals surface area contributed by atoms with E-state index in [1.165, 1.54) is 7.11 Å². The van der Waals surface area contributed by atoms with Gasteiger partial charge in [0, 0.05) is 0 Å². The highest BCUT2D eigenvalue weighted by Gasteiger charge is 2.22. The second-order valence-corrected chi connectivity index (χ2v) is 8.26. The summed E-state index contributed by atoms with van der Waals surface area (Å²) in [5.41, 5.74) is 7.70. The van der Waals surface area contributed by atoms with Crippen molar-refractivity contribution >= 4 is 30.2 Å². The largest absolute Gasteiger partial charge is 0.469 e. The number of halogens is 1. The predicted octanol–water partition coefficient (Wildman–Crippen LogP) is 2.23. The lowest BCUT2D eigenvalue weighted by Crippen LogP contribution is -2.47. The fourth-order valence-electron chi connectivity index (χ4n) is 2.55. The summed E-state index contributed by atoms with van der Waals surface area (Å²) in [5, 5.41) is 5.31. The molecule has 0 bridgehead atoms. The van der Waals surface area contributed by atoms with Crippen molar-refractivity contribution < 1.29 is 19.1 Å². The van der Waals surface area contributed by atoms with Gasteiger partial charge in [0.25, 0.3) is 0 Å². The maximum absolute atomic E-state index is 12.3. The van der Waals surface area contributed by atoms with Gasteiger partial charge >= 0.3 is 5.97 Å². The maximum atomic E-state index is 12.3. The van der Waals surface area contributed by atoms with Crippen LogP contribution < -0.4 is 16.4 Å². The quantitative estimate of drug-likeness (QED) is 0.551. The SMILES string of the molecule is COC(=O)CC(NC(=O)CNC(=O)[C@@H](N)C(C)C)c1ccc(C(C)(C)C)cc1.Cl. The molecule has 1 aromatic carbocycles. The molecule has 8 heteroatoms. The van der Waals surface area contributed by atoms with Gasteiger partial charge in [-0.3, -0.25) is 14.4 Å². The summed E-state index contributed by atoms with van der Waals surface area (Å²) in [6, 6.07) is 6.52. The van der Waals surface area contributed by atoms with Gasteiger partial charge in [-0.05, 0) is 22.5 Å². The van der Waals surface area contributed by atoms with E-state index in [1.807, 2.05) is 38.1 Å². The summed E-state index contributed by atoms with van der Waals surface area (Å²) in [7, 11) is 1.30. The molecule has 0 radical (unpaired) electrons. The van der Waals surface area contributed by atoms with Crippen LogP contribution in [0.5, 0.6) is 0 Å². The number of esters is 1. The first-order valence-electron chi connectivity index (χ1n) is 9.45. The van der Waals surface area contributed by atoms with Crippen LogP contribution in [0.1, 0.15) is 58.2 Å². The van der Waals surface area contributed by atoms with E-state index in [-0.39, 0.29) is 42.6 Å². The van der Waals surface area contributed by atoms with Gasteiger partial charge in [0.05, 0.1) is 32.2 Å². The minimum Gasteiger partial charge on any atom is -0.469 e. The van der Waals surface area contributed by atoms with Crippen LogP contribution in [0.15, 0.2) is 24.3 Å². The molecule has 0 aromatic heterocycles. The van der Waals surface area contributed by atoms with Crippen LogP contribution in [0, 0.1) is 5.92 Å². The fraction of sp³-hybridized carbons (Fsp3) is 0.571. The van der Waals surface area contributed by atoms with Crippen molar-refractivity contribution in [2.24, 2.45) is 11.7 Å². The highest BCUT2D eigenvalue weighted by atomic mass is 35.5. The van der Waals surface area contributed by atoms with Gasteiger partial charge in [-0.25, -0.2) is 0 Å². The smallest absolute Gasteiger partial charge is 0.307 e. The highest BCUT2D eigenvalue weighted by molar-refractivity contribution is 5.87. The summed E-state index contributed by atoms with van der Waals surface area (Å²) < 4.78 is 4.74. The van der Waals surface area contributed by atoms with Crippen molar-refractivity contribution in [2.75, 3.05) is 13.7 Å². The predicted molar refractivity (Wildman–Crippen MR) is 116 cm³/mol. The molecule has 0 fully saturated rings. The molecule has 0 saturated heterocycles. The van der Waals surface area contributed by atoms with Crippen molar-refractivity contribution in [3.05, 3.63) is 35.4 Å². The highest BCUT2D eigenvalue weighted by Crippen LogP contribution is 2.25. The Labute approximate surface area is 179 Å². The van der Waals surface area contributed by atoms with E-state index >= 15 is 0 Å². The van der Waals surface area contributed by atoms with Crippen LogP contribution in [0.3, 0.4) is 0 Å². The van der Waals surface area contributed by atoms with E-state index in [2.05, 4.69) is 31.4 Å². The molecule has 1 rings (SSSR count). The van der Waals surface area contributed by atoms with Crippen LogP contribution in [0.25, 0.3) is 0 Å². The lowest BCUT2D eigenvalue weighted by Gasteiger charge is -2.22. The van der Waals surface area contributed by atoms with Crippen molar-refractivity contribution in [3.8, 4) is 0 Å². The Morgan fingerprint density at radius 3 is 2.10 bits per heavy atom. The Kier molecular flexibility index (Phi) is 10.9. The number of ether oxygens (including phenoxy) is 1. The van der Waals surface area contributed by atoms with Crippen LogP contribution >= 0.6 is 12.4 Å². The van der Waals surface area contributed by atoms with E-state index in [0.29, 0.717) is 0 Å². The first kappa shape index (κ1) is 26.9. The first-order chi connectivity index (χ1) is 13.0. The Hall–Kier alpha value is -2.12. The molecule has 29 heavy (non-hydrogen) atoms. The van der Waals surface area contributed by atoms with Gasteiger partial charge < -0.3 is 21.1 Å². The number of amides is 2. The number of nitrogens with one attached hydrogen (secondary N) is 2. The van der Waals surface area contributed by atoms with Crippen LogP contribution in [-0.2, 0) is 24.5 Å². The first-order valence-corrected chi connectivity index (χ1v) is 9.45. The monoisotopic (exact) mass is 427 g/mol. The zero-order valence-electron chi connectivity index (χ0n) is 18.1. The number of benzene rings is 1. The molecule has 7 nitrogen and oxygen atoms in total. The van der Waals surface area contributed by atoms with Gasteiger partial charge in [0.15, 0.2) is 0 Å². The van der Waals surface area contributed by atoms with Crippen LogP contribution in [0.2, 0.25) is 0 Å².